The smallest absolute Gasteiger partial charge is 0.305 e. The van der Waals surface area contributed by atoms with Crippen LogP contribution in [0, 0.1) is 0 Å². The largest absolute Gasteiger partial charge is 0.469 e. The zero-order chi connectivity index (χ0) is 7.11. The van der Waals surface area contributed by atoms with E-state index in [1.165, 1.54) is 7.11 Å². The molecule has 0 bridgehead atoms. The molecule has 0 spiro atoms. The van der Waals surface area contributed by atoms with Crippen molar-refractivity contribution in [2.24, 2.45) is 0 Å². The molecule has 1 radical (unpaired) electrons. The van der Waals surface area contributed by atoms with Crippen molar-refractivity contribution in [3.63, 3.8) is 0 Å². The summed E-state index contributed by atoms with van der Waals surface area (Å²) in [6, 6.07) is 0. The minimum absolute atomic E-state index is 0.100. The highest BCUT2D eigenvalue weighted by molar-refractivity contribution is 5.68. The third kappa shape index (κ3) is 5.30. The van der Waals surface area contributed by atoms with Gasteiger partial charge in [-0.3, -0.25) is 4.79 Å². The Morgan fingerprint density at radius 1 is 1.44 bits per heavy atom. The second-order valence-electron chi connectivity index (χ2n) is 1.74. The maximum Gasteiger partial charge on any atom is 0.305 e. The van der Waals surface area contributed by atoms with Gasteiger partial charge in [-0.1, -0.05) is 0 Å². The SMILES string of the molecule is COC(=O)CCCC[O]. The van der Waals surface area contributed by atoms with Crippen LogP contribution < -0.4 is 0 Å². The molecule has 0 saturated carbocycles. The lowest BCUT2D eigenvalue weighted by Gasteiger charge is -1.94. The zero-order valence-electron chi connectivity index (χ0n) is 5.55. The summed E-state index contributed by atoms with van der Waals surface area (Å²) in [5.74, 6) is -0.233. The van der Waals surface area contributed by atoms with Crippen LogP contribution in [-0.4, -0.2) is 19.7 Å². The quantitative estimate of drug-likeness (QED) is 0.417. The van der Waals surface area contributed by atoms with Crippen molar-refractivity contribution in [3.8, 4) is 0 Å². The Balaban J connectivity index is 2.97. The molecule has 0 heterocycles. The van der Waals surface area contributed by atoms with Gasteiger partial charge in [0.2, 0.25) is 0 Å². The second-order valence-corrected chi connectivity index (χ2v) is 1.74. The molecule has 0 aromatic carbocycles. The highest BCUT2D eigenvalue weighted by atomic mass is 16.5. The highest BCUT2D eigenvalue weighted by Gasteiger charge is 1.97. The molecule has 0 rings (SSSR count). The molecular weight excluding hydrogens is 120 g/mol. The summed E-state index contributed by atoms with van der Waals surface area (Å²) in [6.07, 6.45) is 1.59. The molecule has 0 aliphatic rings. The van der Waals surface area contributed by atoms with Crippen LogP contribution in [0.2, 0.25) is 0 Å². The molecule has 0 fully saturated rings. The van der Waals surface area contributed by atoms with Crippen molar-refractivity contribution < 1.29 is 14.6 Å². The molecule has 0 aliphatic carbocycles. The summed E-state index contributed by atoms with van der Waals surface area (Å²) in [6.45, 7) is -0.100. The number of carbonyl (C=O) groups excluding carboxylic acids is 1. The standard InChI is InChI=1S/C6H11O3/c1-9-6(8)4-2-3-5-7/h2-5H2,1H3. The fourth-order valence-electron chi connectivity index (χ4n) is 0.473. The average Bonchev–Trinajstić information content (AvgIpc) is 1.89. The first-order valence-corrected chi connectivity index (χ1v) is 2.96. The van der Waals surface area contributed by atoms with E-state index in [2.05, 4.69) is 4.74 Å². The molecule has 3 heteroatoms. The van der Waals surface area contributed by atoms with Crippen molar-refractivity contribution in [2.75, 3.05) is 13.7 Å². The van der Waals surface area contributed by atoms with Crippen LogP contribution in [0.25, 0.3) is 0 Å². The number of hydrogen-bond acceptors (Lipinski definition) is 2. The molecular formula is C6H11O3. The number of rotatable bonds is 4. The third-order valence-corrected chi connectivity index (χ3v) is 1.00. The normalized spacial score (nSPS) is 9.11. The molecule has 0 aromatic rings. The molecule has 0 saturated heterocycles. The van der Waals surface area contributed by atoms with Gasteiger partial charge in [0.25, 0.3) is 0 Å². The van der Waals surface area contributed by atoms with Crippen LogP contribution in [-0.2, 0) is 14.6 Å². The van der Waals surface area contributed by atoms with Gasteiger partial charge in [-0.2, -0.15) is 0 Å². The molecule has 0 aliphatic heterocycles. The van der Waals surface area contributed by atoms with Gasteiger partial charge >= 0.3 is 5.97 Å². The fourth-order valence-corrected chi connectivity index (χ4v) is 0.473. The van der Waals surface area contributed by atoms with E-state index in [4.69, 9.17) is 0 Å². The lowest BCUT2D eigenvalue weighted by Crippen LogP contribution is -1.99. The van der Waals surface area contributed by atoms with E-state index in [1.54, 1.807) is 0 Å². The number of hydrogen-bond donors (Lipinski definition) is 0. The Hall–Kier alpha value is -0.570. The predicted molar refractivity (Wildman–Crippen MR) is 31.4 cm³/mol. The molecule has 0 unspecified atom stereocenters. The van der Waals surface area contributed by atoms with Gasteiger partial charge in [-0.25, -0.2) is 5.11 Å². The lowest BCUT2D eigenvalue weighted by molar-refractivity contribution is -0.140. The van der Waals surface area contributed by atoms with Crippen molar-refractivity contribution >= 4 is 5.97 Å². The second kappa shape index (κ2) is 5.56. The Morgan fingerprint density at radius 2 is 2.11 bits per heavy atom. The van der Waals surface area contributed by atoms with Gasteiger partial charge in [0.15, 0.2) is 0 Å². The van der Waals surface area contributed by atoms with E-state index >= 15 is 0 Å². The topological polar surface area (TPSA) is 46.2 Å². The van der Waals surface area contributed by atoms with E-state index in [0.29, 0.717) is 19.3 Å². The maximum absolute atomic E-state index is 10.4. The summed E-state index contributed by atoms with van der Waals surface area (Å²) in [4.78, 5) is 10.4. The molecule has 53 valence electrons. The van der Waals surface area contributed by atoms with E-state index in [9.17, 15) is 9.90 Å². The number of ether oxygens (including phenoxy) is 1. The van der Waals surface area contributed by atoms with Gasteiger partial charge in [0.05, 0.1) is 13.7 Å². The molecule has 0 aromatic heterocycles. The molecule has 9 heavy (non-hydrogen) atoms. The summed E-state index contributed by atoms with van der Waals surface area (Å²) in [5, 5.41) is 9.85. The fraction of sp³-hybridized carbons (Fsp3) is 0.833. The van der Waals surface area contributed by atoms with Crippen molar-refractivity contribution in [1.82, 2.24) is 0 Å². The number of esters is 1. The zero-order valence-corrected chi connectivity index (χ0v) is 5.55. The van der Waals surface area contributed by atoms with Crippen LogP contribution in [0.5, 0.6) is 0 Å². The monoisotopic (exact) mass is 131 g/mol. The van der Waals surface area contributed by atoms with Crippen LogP contribution in [0.1, 0.15) is 19.3 Å². The molecule has 0 N–H and O–H groups in total. The minimum Gasteiger partial charge on any atom is -0.469 e. The number of unbranched alkanes of at least 4 members (excludes halogenated alkanes) is 1. The first kappa shape index (κ1) is 8.43. The third-order valence-electron chi connectivity index (χ3n) is 1.00. The lowest BCUT2D eigenvalue weighted by atomic mass is 10.2. The van der Waals surface area contributed by atoms with Gasteiger partial charge < -0.3 is 4.74 Å². The first-order chi connectivity index (χ1) is 4.31. The van der Waals surface area contributed by atoms with Crippen molar-refractivity contribution in [3.05, 3.63) is 0 Å². The summed E-state index contributed by atoms with van der Waals surface area (Å²) >= 11 is 0. The van der Waals surface area contributed by atoms with E-state index < -0.39 is 0 Å². The Bertz CT molecular complexity index is 80.4. The van der Waals surface area contributed by atoms with Crippen LogP contribution >= 0.6 is 0 Å². The van der Waals surface area contributed by atoms with Gasteiger partial charge in [0, 0.05) is 6.42 Å². The maximum atomic E-state index is 10.4. The van der Waals surface area contributed by atoms with E-state index in [1.807, 2.05) is 0 Å². The van der Waals surface area contributed by atoms with Crippen LogP contribution in [0.15, 0.2) is 0 Å². The summed E-state index contributed by atoms with van der Waals surface area (Å²) in [5.41, 5.74) is 0. The molecule has 0 amide bonds. The summed E-state index contributed by atoms with van der Waals surface area (Å²) in [7, 11) is 1.35. The highest BCUT2D eigenvalue weighted by Crippen LogP contribution is 1.94. The number of methoxy groups -OCH3 is 1. The van der Waals surface area contributed by atoms with Gasteiger partial charge in [-0.05, 0) is 12.8 Å². The molecule has 3 nitrogen and oxygen atoms in total. The van der Waals surface area contributed by atoms with Crippen molar-refractivity contribution in [1.29, 1.82) is 0 Å². The summed E-state index contributed by atoms with van der Waals surface area (Å²) < 4.78 is 4.36. The van der Waals surface area contributed by atoms with Crippen LogP contribution in [0.4, 0.5) is 0 Å². The Kier molecular flexibility index (Phi) is 5.21. The molecule has 0 atom stereocenters. The van der Waals surface area contributed by atoms with Gasteiger partial charge in [-0.15, -0.1) is 0 Å². The van der Waals surface area contributed by atoms with E-state index in [-0.39, 0.29) is 12.6 Å². The average molecular weight is 131 g/mol. The van der Waals surface area contributed by atoms with Crippen molar-refractivity contribution in [2.45, 2.75) is 19.3 Å². The van der Waals surface area contributed by atoms with Crippen LogP contribution in [0.3, 0.4) is 0 Å². The minimum atomic E-state index is -0.233. The first-order valence-electron chi connectivity index (χ1n) is 2.96. The van der Waals surface area contributed by atoms with Gasteiger partial charge in [0.1, 0.15) is 0 Å². The van der Waals surface area contributed by atoms with E-state index in [0.717, 1.165) is 0 Å². The Labute approximate surface area is 54.6 Å². The predicted octanol–water partition coefficient (Wildman–Crippen LogP) is 0.760. The Morgan fingerprint density at radius 3 is 2.56 bits per heavy atom. The number of carbonyl (C=O) groups is 1.